The lowest BCUT2D eigenvalue weighted by atomic mass is 10.1. The summed E-state index contributed by atoms with van der Waals surface area (Å²) < 4.78 is 42.8. The number of aromatic nitrogens is 2. The fourth-order valence-corrected chi connectivity index (χ4v) is 4.10. The van der Waals surface area contributed by atoms with E-state index in [1.165, 1.54) is 0 Å². The summed E-state index contributed by atoms with van der Waals surface area (Å²) in [5.74, 6) is -2.79. The number of benzene rings is 1. The summed E-state index contributed by atoms with van der Waals surface area (Å²) in [6.07, 6.45) is 1.47. The molecule has 1 heterocycles. The molecule has 1 N–H and O–H groups in total. The van der Waals surface area contributed by atoms with Crippen LogP contribution < -0.4 is 15.0 Å². The van der Waals surface area contributed by atoms with Gasteiger partial charge in [-0.1, -0.05) is 12.1 Å². The topological polar surface area (TPSA) is 89.7 Å². The lowest BCUT2D eigenvalue weighted by Crippen LogP contribution is -2.40. The summed E-state index contributed by atoms with van der Waals surface area (Å²) in [4.78, 5) is 18.5. The quantitative estimate of drug-likeness (QED) is 0.638. The van der Waals surface area contributed by atoms with Gasteiger partial charge < -0.3 is 24.2 Å². The van der Waals surface area contributed by atoms with E-state index in [9.17, 15) is 13.6 Å². The summed E-state index contributed by atoms with van der Waals surface area (Å²) in [5.41, 5.74) is 0.413. The number of alkyl carbamates (subject to hydrolysis) is 1. The Bertz CT molecular complexity index is 974. The van der Waals surface area contributed by atoms with E-state index in [0.29, 0.717) is 13.0 Å². The Morgan fingerprint density at radius 1 is 1.27 bits per heavy atom. The lowest BCUT2D eigenvalue weighted by molar-refractivity contribution is 0.0505. The molecule has 2 saturated carbocycles. The van der Waals surface area contributed by atoms with Crippen LogP contribution in [0.2, 0.25) is 0 Å². The zero-order valence-corrected chi connectivity index (χ0v) is 19.3. The molecular formula is C23H30F2N4O4. The number of anilines is 1. The second kappa shape index (κ2) is 8.79. The second-order valence-electron chi connectivity index (χ2n) is 9.74. The van der Waals surface area contributed by atoms with Crippen molar-refractivity contribution in [2.45, 2.75) is 82.5 Å². The normalized spacial score (nSPS) is 23.8. The van der Waals surface area contributed by atoms with Crippen molar-refractivity contribution in [2.24, 2.45) is 0 Å². The van der Waals surface area contributed by atoms with E-state index in [-0.39, 0.29) is 30.3 Å². The first-order valence-electron chi connectivity index (χ1n) is 11.1. The zero-order chi connectivity index (χ0) is 23.8. The van der Waals surface area contributed by atoms with Crippen LogP contribution in [-0.2, 0) is 11.3 Å². The predicted molar refractivity (Wildman–Crippen MR) is 117 cm³/mol. The Morgan fingerprint density at radius 3 is 2.58 bits per heavy atom. The van der Waals surface area contributed by atoms with Crippen LogP contribution in [0.4, 0.5) is 19.5 Å². The molecule has 180 valence electrons. The van der Waals surface area contributed by atoms with E-state index in [0.717, 1.165) is 24.2 Å². The molecule has 4 rings (SSSR count). The molecule has 2 aliphatic rings. The van der Waals surface area contributed by atoms with E-state index in [4.69, 9.17) is 14.0 Å². The minimum atomic E-state index is -2.78. The number of nitrogens with zero attached hydrogens (tertiary/aromatic N) is 3. The van der Waals surface area contributed by atoms with E-state index >= 15 is 0 Å². The number of hydrogen-bond donors (Lipinski definition) is 1. The Morgan fingerprint density at radius 2 is 1.97 bits per heavy atom. The molecule has 2 fully saturated rings. The van der Waals surface area contributed by atoms with Crippen LogP contribution in [0.1, 0.15) is 63.8 Å². The summed E-state index contributed by atoms with van der Waals surface area (Å²) in [6.45, 7) is 5.92. The summed E-state index contributed by atoms with van der Waals surface area (Å²) in [6, 6.07) is 7.53. The first kappa shape index (κ1) is 23.3. The highest BCUT2D eigenvalue weighted by Crippen LogP contribution is 2.55. The maximum absolute atomic E-state index is 13.5. The molecule has 0 radical (unpaired) electrons. The van der Waals surface area contributed by atoms with Crippen molar-refractivity contribution in [3.63, 3.8) is 0 Å². The highest BCUT2D eigenvalue weighted by Gasteiger charge is 2.61. The van der Waals surface area contributed by atoms with E-state index in [1.807, 2.05) is 49.9 Å². The fraction of sp³-hybridized carbons (Fsp3) is 0.609. The average Bonchev–Trinajstić information content (AvgIpc) is 3.11. The maximum Gasteiger partial charge on any atom is 0.407 e. The number of methoxy groups -OCH3 is 1. The maximum atomic E-state index is 13.5. The molecule has 0 aliphatic heterocycles. The monoisotopic (exact) mass is 464 g/mol. The third-order valence-electron chi connectivity index (χ3n) is 5.89. The minimum Gasteiger partial charge on any atom is -0.497 e. The van der Waals surface area contributed by atoms with Gasteiger partial charge >= 0.3 is 6.09 Å². The first-order chi connectivity index (χ1) is 15.5. The number of alkyl halides is 2. The number of carbonyl (C=O) groups is 1. The van der Waals surface area contributed by atoms with Crippen LogP contribution in [-0.4, -0.2) is 47.0 Å². The number of halogens is 2. The molecule has 8 nitrogen and oxygen atoms in total. The highest BCUT2D eigenvalue weighted by atomic mass is 19.3. The van der Waals surface area contributed by atoms with Crippen LogP contribution in [0.5, 0.6) is 5.75 Å². The molecule has 0 saturated heterocycles. The lowest BCUT2D eigenvalue weighted by Gasteiger charge is -2.28. The predicted octanol–water partition coefficient (Wildman–Crippen LogP) is 4.65. The second-order valence-corrected chi connectivity index (χ2v) is 9.74. The van der Waals surface area contributed by atoms with Gasteiger partial charge in [-0.15, -0.1) is 0 Å². The SMILES string of the molecule is COc1ccc(CN(c2noc(C3CC3(F)F)n2)[C@H]2CC[C@H](NC(=O)OC(C)(C)C)C2)cc1. The van der Waals surface area contributed by atoms with Crippen LogP contribution in [0.25, 0.3) is 0 Å². The Hall–Kier alpha value is -2.91. The Labute approximate surface area is 191 Å². The molecule has 0 bridgehead atoms. The van der Waals surface area contributed by atoms with Crippen molar-refractivity contribution in [2.75, 3.05) is 12.0 Å². The summed E-state index contributed by atoms with van der Waals surface area (Å²) in [7, 11) is 1.60. The van der Waals surface area contributed by atoms with Gasteiger partial charge in [-0.2, -0.15) is 4.98 Å². The van der Waals surface area contributed by atoms with E-state index in [2.05, 4.69) is 15.5 Å². The van der Waals surface area contributed by atoms with Crippen LogP contribution in [0, 0.1) is 0 Å². The molecule has 1 unspecified atom stereocenters. The van der Waals surface area contributed by atoms with Crippen molar-refractivity contribution < 1.29 is 27.6 Å². The van der Waals surface area contributed by atoms with Gasteiger partial charge in [-0.25, -0.2) is 13.6 Å². The van der Waals surface area contributed by atoms with Crippen LogP contribution >= 0.6 is 0 Å². The molecule has 10 heteroatoms. The largest absolute Gasteiger partial charge is 0.497 e. The number of hydrogen-bond acceptors (Lipinski definition) is 7. The molecule has 3 atom stereocenters. The van der Waals surface area contributed by atoms with Gasteiger partial charge in [0.1, 0.15) is 17.3 Å². The first-order valence-corrected chi connectivity index (χ1v) is 11.1. The Kier molecular flexibility index (Phi) is 6.20. The van der Waals surface area contributed by atoms with Crippen LogP contribution in [0.15, 0.2) is 28.8 Å². The molecule has 33 heavy (non-hydrogen) atoms. The Balaban J connectivity index is 1.48. The zero-order valence-electron chi connectivity index (χ0n) is 19.3. The van der Waals surface area contributed by atoms with Crippen molar-refractivity contribution in [3.05, 3.63) is 35.7 Å². The number of amides is 1. The van der Waals surface area contributed by atoms with Gasteiger partial charge in [0.15, 0.2) is 0 Å². The molecule has 1 aromatic heterocycles. The van der Waals surface area contributed by atoms with Gasteiger partial charge in [-0.05, 0) is 62.9 Å². The molecule has 1 aromatic carbocycles. The average molecular weight is 465 g/mol. The minimum absolute atomic E-state index is 0.00259. The fourth-order valence-electron chi connectivity index (χ4n) is 4.10. The van der Waals surface area contributed by atoms with Crippen LogP contribution in [0.3, 0.4) is 0 Å². The van der Waals surface area contributed by atoms with E-state index < -0.39 is 23.5 Å². The number of ether oxygens (including phenoxy) is 2. The van der Waals surface area contributed by atoms with Gasteiger partial charge in [0, 0.05) is 25.0 Å². The molecular weight excluding hydrogens is 434 g/mol. The van der Waals surface area contributed by atoms with Gasteiger partial charge in [-0.3, -0.25) is 0 Å². The third kappa shape index (κ3) is 5.72. The summed E-state index contributed by atoms with van der Waals surface area (Å²) in [5, 5.41) is 6.95. The van der Waals surface area contributed by atoms with Crippen molar-refractivity contribution >= 4 is 12.0 Å². The van der Waals surface area contributed by atoms with Crippen molar-refractivity contribution in [1.82, 2.24) is 15.5 Å². The molecule has 1 amide bonds. The number of nitrogens with one attached hydrogen (secondary N) is 1. The number of carbonyl (C=O) groups excluding carboxylic acids is 1. The van der Waals surface area contributed by atoms with Crippen molar-refractivity contribution in [1.29, 1.82) is 0 Å². The van der Waals surface area contributed by atoms with Gasteiger partial charge in [0.25, 0.3) is 11.9 Å². The molecule has 0 spiro atoms. The van der Waals surface area contributed by atoms with Crippen molar-refractivity contribution in [3.8, 4) is 5.75 Å². The van der Waals surface area contributed by atoms with Gasteiger partial charge in [0.2, 0.25) is 5.89 Å². The smallest absolute Gasteiger partial charge is 0.407 e. The standard InChI is InChI=1S/C23H30F2N4O4/c1-22(2,3)32-21(30)26-15-7-8-16(11-15)29(13-14-5-9-17(31-4)10-6-14)20-27-19(33-28-20)18-12-23(18,24)25/h5-6,9-10,15-16,18H,7-8,11-13H2,1-4H3,(H,26,30)/t15-,16-,18?/m0/s1. The summed E-state index contributed by atoms with van der Waals surface area (Å²) >= 11 is 0. The van der Waals surface area contributed by atoms with Gasteiger partial charge in [0.05, 0.1) is 7.11 Å². The third-order valence-corrected chi connectivity index (χ3v) is 5.89. The highest BCUT2D eigenvalue weighted by molar-refractivity contribution is 5.68. The molecule has 2 aromatic rings. The number of rotatable bonds is 7. The molecule has 2 aliphatic carbocycles. The van der Waals surface area contributed by atoms with E-state index in [1.54, 1.807) is 7.11 Å².